The van der Waals surface area contributed by atoms with E-state index in [9.17, 15) is 4.79 Å². The van der Waals surface area contributed by atoms with E-state index in [2.05, 4.69) is 45.4 Å². The maximum atomic E-state index is 12.6. The van der Waals surface area contributed by atoms with Gasteiger partial charge in [0, 0.05) is 37.9 Å². The lowest BCUT2D eigenvalue weighted by Gasteiger charge is -2.39. The third kappa shape index (κ3) is 3.87. The number of carbonyl (C=O) groups is 1. The van der Waals surface area contributed by atoms with Crippen LogP contribution in [-0.4, -0.2) is 49.6 Å². The molecule has 4 bridgehead atoms. The summed E-state index contributed by atoms with van der Waals surface area (Å²) in [7, 11) is 0. The van der Waals surface area contributed by atoms with E-state index in [0.717, 1.165) is 43.9 Å². The lowest BCUT2D eigenvalue weighted by atomic mass is 9.68. The van der Waals surface area contributed by atoms with Crippen LogP contribution in [-0.2, 0) is 4.79 Å². The van der Waals surface area contributed by atoms with Gasteiger partial charge in [-0.3, -0.25) is 9.69 Å². The van der Waals surface area contributed by atoms with Gasteiger partial charge in [0.2, 0.25) is 5.91 Å². The van der Waals surface area contributed by atoms with E-state index in [1.165, 1.54) is 44.2 Å². The number of amides is 1. The molecule has 1 amide bonds. The van der Waals surface area contributed by atoms with Gasteiger partial charge in [0.05, 0.1) is 6.54 Å². The van der Waals surface area contributed by atoms with Crippen LogP contribution in [0.1, 0.15) is 38.5 Å². The molecule has 4 nitrogen and oxygen atoms in total. The summed E-state index contributed by atoms with van der Waals surface area (Å²) in [6.45, 7) is 4.77. The molecule has 1 aromatic carbocycles. The minimum atomic E-state index is 0.245. The summed E-state index contributed by atoms with van der Waals surface area (Å²) in [4.78, 5) is 17.6. The van der Waals surface area contributed by atoms with E-state index in [1.54, 1.807) is 0 Å². The number of carbonyl (C=O) groups excluding carboxylic acids is 1. The molecule has 5 aliphatic rings. The SMILES string of the molecule is O=C(CN1CC2C[C@@H]3CC1C[C@H](C2)C3)NC[C@H]1CCN(c2ccccc2)C1. The number of para-hydroxylation sites is 1. The van der Waals surface area contributed by atoms with Crippen LogP contribution in [0.5, 0.6) is 0 Å². The van der Waals surface area contributed by atoms with Crippen molar-refractivity contribution in [2.45, 2.75) is 44.6 Å². The predicted octanol–water partition coefficient (Wildman–Crippen LogP) is 3.14. The van der Waals surface area contributed by atoms with Gasteiger partial charge in [-0.05, 0) is 74.3 Å². The zero-order chi connectivity index (χ0) is 18.2. The Kier molecular flexibility index (Phi) is 4.85. The van der Waals surface area contributed by atoms with E-state index in [1.807, 2.05) is 0 Å². The fourth-order valence-electron chi connectivity index (χ4n) is 6.45. The second-order valence-electron chi connectivity index (χ2n) is 9.60. The minimum Gasteiger partial charge on any atom is -0.371 e. The molecular formula is C23H33N3O. The van der Waals surface area contributed by atoms with Gasteiger partial charge in [-0.25, -0.2) is 0 Å². The number of nitrogens with one attached hydrogen (secondary N) is 1. The summed E-state index contributed by atoms with van der Waals surface area (Å²) in [6, 6.07) is 11.3. The van der Waals surface area contributed by atoms with Gasteiger partial charge in [0.1, 0.15) is 0 Å². The first-order valence-electron chi connectivity index (χ1n) is 11.0. The summed E-state index contributed by atoms with van der Waals surface area (Å²) in [5.41, 5.74) is 1.31. The maximum absolute atomic E-state index is 12.6. The predicted molar refractivity (Wildman–Crippen MR) is 109 cm³/mol. The van der Waals surface area contributed by atoms with Crippen LogP contribution in [0.4, 0.5) is 5.69 Å². The highest BCUT2D eigenvalue weighted by atomic mass is 16.2. The lowest BCUT2D eigenvalue weighted by molar-refractivity contribution is -0.123. The first kappa shape index (κ1) is 17.5. The van der Waals surface area contributed by atoms with Crippen LogP contribution in [0.3, 0.4) is 0 Å². The Hall–Kier alpha value is -1.55. The number of nitrogens with zero attached hydrogens (tertiary/aromatic N) is 2. The highest BCUT2D eigenvalue weighted by Gasteiger charge is 2.42. The van der Waals surface area contributed by atoms with Crippen LogP contribution < -0.4 is 10.2 Å². The molecule has 0 spiro atoms. The second kappa shape index (κ2) is 7.46. The summed E-state index contributed by atoms with van der Waals surface area (Å²) in [6.07, 6.45) is 8.16. The van der Waals surface area contributed by atoms with Crippen molar-refractivity contribution in [2.75, 3.05) is 37.6 Å². The highest BCUT2D eigenvalue weighted by molar-refractivity contribution is 5.78. The largest absolute Gasteiger partial charge is 0.371 e. The molecule has 3 saturated heterocycles. The molecule has 5 atom stereocenters. The smallest absolute Gasteiger partial charge is 0.234 e. The summed E-state index contributed by atoms with van der Waals surface area (Å²) >= 11 is 0. The van der Waals surface area contributed by atoms with Crippen molar-refractivity contribution >= 4 is 11.6 Å². The van der Waals surface area contributed by atoms with Crippen LogP contribution >= 0.6 is 0 Å². The molecule has 0 aromatic heterocycles. The molecule has 1 aromatic rings. The fourth-order valence-corrected chi connectivity index (χ4v) is 6.45. The molecule has 4 heteroatoms. The standard InChI is InChI=1S/C23H33N3O/c27-23(16-26-15-20-9-18-8-19(10-20)12-22(26)11-18)24-13-17-6-7-25(14-17)21-4-2-1-3-5-21/h1-5,17-20,22H,6-16H2,(H,24,27)/t17-,18-,19+,20?,22?/m1/s1. The third-order valence-corrected chi connectivity index (χ3v) is 7.56. The second-order valence-corrected chi connectivity index (χ2v) is 9.60. The Morgan fingerprint density at radius 1 is 0.963 bits per heavy atom. The summed E-state index contributed by atoms with van der Waals surface area (Å²) in [5, 5.41) is 3.26. The topological polar surface area (TPSA) is 35.6 Å². The normalized spacial score (nSPS) is 35.4. The van der Waals surface area contributed by atoms with E-state index in [4.69, 9.17) is 0 Å². The number of anilines is 1. The molecule has 2 aliphatic carbocycles. The van der Waals surface area contributed by atoms with Gasteiger partial charge < -0.3 is 10.2 Å². The van der Waals surface area contributed by atoms with Crippen molar-refractivity contribution < 1.29 is 4.79 Å². The zero-order valence-corrected chi connectivity index (χ0v) is 16.4. The minimum absolute atomic E-state index is 0.245. The zero-order valence-electron chi connectivity index (χ0n) is 16.4. The first-order chi connectivity index (χ1) is 13.2. The lowest BCUT2D eigenvalue weighted by Crippen LogP contribution is -2.45. The van der Waals surface area contributed by atoms with E-state index >= 15 is 0 Å². The molecule has 3 aliphatic heterocycles. The van der Waals surface area contributed by atoms with Gasteiger partial charge in [-0.15, -0.1) is 0 Å². The monoisotopic (exact) mass is 367 g/mol. The van der Waals surface area contributed by atoms with E-state index in [0.29, 0.717) is 18.5 Å². The number of benzene rings is 1. The van der Waals surface area contributed by atoms with Gasteiger partial charge in [-0.1, -0.05) is 18.2 Å². The Balaban J connectivity index is 1.10. The average molecular weight is 368 g/mol. The maximum Gasteiger partial charge on any atom is 0.234 e. The number of rotatable bonds is 5. The number of fused-ring (bicyclic) bond motifs is 1. The van der Waals surface area contributed by atoms with Gasteiger partial charge in [0.15, 0.2) is 0 Å². The van der Waals surface area contributed by atoms with E-state index < -0.39 is 0 Å². The Morgan fingerprint density at radius 2 is 1.70 bits per heavy atom. The fraction of sp³-hybridized carbons (Fsp3) is 0.696. The molecule has 3 heterocycles. The molecular weight excluding hydrogens is 334 g/mol. The van der Waals surface area contributed by atoms with Gasteiger partial charge in [-0.2, -0.15) is 0 Å². The highest BCUT2D eigenvalue weighted by Crippen LogP contribution is 2.47. The molecule has 6 rings (SSSR count). The molecule has 1 N–H and O–H groups in total. The van der Waals surface area contributed by atoms with Crippen molar-refractivity contribution in [3.63, 3.8) is 0 Å². The average Bonchev–Trinajstić information content (AvgIpc) is 3.07. The van der Waals surface area contributed by atoms with Crippen molar-refractivity contribution in [3.05, 3.63) is 30.3 Å². The van der Waals surface area contributed by atoms with Crippen LogP contribution in [0.15, 0.2) is 30.3 Å². The van der Waals surface area contributed by atoms with Crippen molar-refractivity contribution in [1.82, 2.24) is 10.2 Å². The number of hydrogen-bond acceptors (Lipinski definition) is 3. The number of hydrogen-bond donors (Lipinski definition) is 1. The molecule has 0 radical (unpaired) electrons. The van der Waals surface area contributed by atoms with Crippen LogP contribution in [0.2, 0.25) is 0 Å². The molecule has 5 fully saturated rings. The molecule has 146 valence electrons. The van der Waals surface area contributed by atoms with Crippen molar-refractivity contribution in [3.8, 4) is 0 Å². The van der Waals surface area contributed by atoms with Gasteiger partial charge in [0.25, 0.3) is 0 Å². The molecule has 27 heavy (non-hydrogen) atoms. The van der Waals surface area contributed by atoms with Crippen molar-refractivity contribution in [2.24, 2.45) is 23.7 Å². The summed E-state index contributed by atoms with van der Waals surface area (Å²) in [5.74, 6) is 3.56. The quantitative estimate of drug-likeness (QED) is 0.868. The van der Waals surface area contributed by atoms with Gasteiger partial charge >= 0.3 is 0 Å². The molecule has 2 saturated carbocycles. The molecule has 2 unspecified atom stereocenters. The Bertz CT molecular complexity index is 649. The first-order valence-corrected chi connectivity index (χ1v) is 11.0. The van der Waals surface area contributed by atoms with E-state index in [-0.39, 0.29) is 5.91 Å². The Labute approximate surface area is 163 Å². The summed E-state index contributed by atoms with van der Waals surface area (Å²) < 4.78 is 0. The van der Waals surface area contributed by atoms with Crippen LogP contribution in [0.25, 0.3) is 0 Å². The third-order valence-electron chi connectivity index (χ3n) is 7.56. The van der Waals surface area contributed by atoms with Crippen molar-refractivity contribution in [1.29, 1.82) is 0 Å². The Morgan fingerprint density at radius 3 is 2.48 bits per heavy atom. The van der Waals surface area contributed by atoms with Crippen LogP contribution in [0, 0.1) is 23.7 Å².